The van der Waals surface area contributed by atoms with Crippen LogP contribution in [0.2, 0.25) is 5.02 Å². The van der Waals surface area contributed by atoms with E-state index in [1.54, 1.807) is 25.4 Å². The minimum Gasteiger partial charge on any atom is -0.488 e. The highest BCUT2D eigenvalue weighted by atomic mass is 35.5. The van der Waals surface area contributed by atoms with Crippen LogP contribution >= 0.6 is 11.6 Å². The Balaban J connectivity index is 1.14. The van der Waals surface area contributed by atoms with Crippen molar-refractivity contribution in [3.05, 3.63) is 59.9 Å². The second-order valence-electron chi connectivity index (χ2n) is 13.0. The van der Waals surface area contributed by atoms with Crippen molar-refractivity contribution < 1.29 is 13.2 Å². The molecule has 2 aliphatic heterocycles. The molecule has 0 atom stereocenters. The fraction of sp³-hybridized carbons (Fsp3) is 0.486. The molecule has 0 radical (unpaired) electrons. The molecule has 10 nitrogen and oxygen atoms in total. The Kier molecular flexibility index (Phi) is 9.33. The number of aromatic nitrogens is 3. The lowest BCUT2D eigenvalue weighted by Gasteiger charge is -2.43. The number of benzene rings is 2. The van der Waals surface area contributed by atoms with Crippen LogP contribution in [0, 0.1) is 0 Å². The number of rotatable bonds is 9. The number of para-hydroxylation sites is 1. The van der Waals surface area contributed by atoms with E-state index in [2.05, 4.69) is 50.2 Å². The summed E-state index contributed by atoms with van der Waals surface area (Å²) in [6, 6.07) is 14.3. The number of piperazine rings is 1. The number of ether oxygens (including phenoxy) is 1. The van der Waals surface area contributed by atoms with E-state index in [0.29, 0.717) is 33.8 Å². The predicted molar refractivity (Wildman–Crippen MR) is 190 cm³/mol. The highest BCUT2D eigenvalue weighted by Gasteiger charge is 2.29. The molecule has 2 saturated heterocycles. The molecule has 1 N–H and O–H groups in total. The predicted octanol–water partition coefficient (Wildman–Crippen LogP) is 6.23. The monoisotopic (exact) mass is 677 g/mol. The lowest BCUT2D eigenvalue weighted by Crippen LogP contribution is -2.52. The lowest BCUT2D eigenvalue weighted by molar-refractivity contribution is 0.0980. The van der Waals surface area contributed by atoms with Gasteiger partial charge in [-0.15, -0.1) is 0 Å². The van der Waals surface area contributed by atoms with E-state index in [1.165, 1.54) is 16.8 Å². The van der Waals surface area contributed by atoms with E-state index < -0.39 is 10.0 Å². The van der Waals surface area contributed by atoms with Gasteiger partial charge in [-0.2, -0.15) is 0 Å². The van der Waals surface area contributed by atoms with Gasteiger partial charge in [-0.25, -0.2) is 22.4 Å². The molecule has 3 fully saturated rings. The molecule has 4 aromatic rings. The number of fused-ring (bicyclic) bond motifs is 1. The van der Waals surface area contributed by atoms with Gasteiger partial charge in [0.15, 0.2) is 0 Å². The first kappa shape index (κ1) is 32.2. The topological polar surface area (TPSA) is 95.8 Å². The molecule has 2 aromatic heterocycles. The Morgan fingerprint density at radius 2 is 1.72 bits per heavy atom. The van der Waals surface area contributed by atoms with E-state index in [0.717, 1.165) is 87.5 Å². The molecular weight excluding hydrogens is 634 g/mol. The van der Waals surface area contributed by atoms with Crippen molar-refractivity contribution in [2.45, 2.75) is 57.6 Å². The van der Waals surface area contributed by atoms with Crippen LogP contribution in [0.4, 0.5) is 17.3 Å². The smallest absolute Gasteiger partial charge is 0.238 e. The first-order chi connectivity index (χ1) is 22.8. The third-order valence-electron chi connectivity index (χ3n) is 10.0. The fourth-order valence-corrected chi connectivity index (χ4v) is 8.44. The van der Waals surface area contributed by atoms with Gasteiger partial charge < -0.3 is 19.9 Å². The summed E-state index contributed by atoms with van der Waals surface area (Å²) in [5, 5.41) is 4.47. The van der Waals surface area contributed by atoms with Gasteiger partial charge in [-0.1, -0.05) is 29.8 Å². The number of piperidine rings is 1. The van der Waals surface area contributed by atoms with Crippen LogP contribution in [0.15, 0.2) is 54.9 Å². The molecule has 12 heteroatoms. The summed E-state index contributed by atoms with van der Waals surface area (Å²) in [6.45, 7) is 8.27. The van der Waals surface area contributed by atoms with Crippen molar-refractivity contribution in [2.24, 2.45) is 0 Å². The first-order valence-electron chi connectivity index (χ1n) is 16.9. The Labute approximate surface area is 282 Å². The SMILES string of the molecule is CCS(=O)(=O)n1cc(-c2nc(Nc3ccc(N4CCC(N5CCN(C)CC5)CC4)c(OC4CCCC4)c3)ncc2Cl)c2ccccc21. The molecule has 0 amide bonds. The molecule has 2 aromatic carbocycles. The van der Waals surface area contributed by atoms with E-state index in [9.17, 15) is 8.42 Å². The quantitative estimate of drug-likeness (QED) is 0.221. The summed E-state index contributed by atoms with van der Waals surface area (Å²) < 4.78 is 33.8. The Hall–Kier alpha value is -3.38. The first-order valence-corrected chi connectivity index (χ1v) is 18.9. The number of anilines is 3. The van der Waals surface area contributed by atoms with Crippen LogP contribution in [0.3, 0.4) is 0 Å². The van der Waals surface area contributed by atoms with E-state index >= 15 is 0 Å². The van der Waals surface area contributed by atoms with Gasteiger partial charge in [0.2, 0.25) is 16.0 Å². The average Bonchev–Trinajstić information content (AvgIpc) is 3.75. The summed E-state index contributed by atoms with van der Waals surface area (Å²) in [4.78, 5) is 16.9. The molecule has 1 aliphatic carbocycles. The molecule has 0 spiro atoms. The van der Waals surface area contributed by atoms with Crippen molar-refractivity contribution in [3.63, 3.8) is 0 Å². The molecule has 0 bridgehead atoms. The molecule has 7 rings (SSSR count). The number of nitrogens with one attached hydrogen (secondary N) is 1. The molecular formula is C35H44ClN7O3S. The van der Waals surface area contributed by atoms with Crippen molar-refractivity contribution in [1.29, 1.82) is 0 Å². The molecule has 4 heterocycles. The zero-order valence-electron chi connectivity index (χ0n) is 27.2. The zero-order chi connectivity index (χ0) is 32.5. The van der Waals surface area contributed by atoms with Gasteiger partial charge in [0.1, 0.15) is 5.75 Å². The van der Waals surface area contributed by atoms with Gasteiger partial charge >= 0.3 is 0 Å². The molecule has 0 unspecified atom stereocenters. The third kappa shape index (κ3) is 6.81. The second kappa shape index (κ2) is 13.6. The molecule has 3 aliphatic rings. The fourth-order valence-electron chi connectivity index (χ4n) is 7.25. The summed E-state index contributed by atoms with van der Waals surface area (Å²) in [7, 11) is -1.32. The van der Waals surface area contributed by atoms with Crippen LogP contribution in [0.25, 0.3) is 22.2 Å². The van der Waals surface area contributed by atoms with Crippen molar-refractivity contribution in [1.82, 2.24) is 23.7 Å². The van der Waals surface area contributed by atoms with Gasteiger partial charge in [0, 0.05) is 74.2 Å². The maximum absolute atomic E-state index is 12.9. The summed E-state index contributed by atoms with van der Waals surface area (Å²) in [5.74, 6) is 1.24. The maximum atomic E-state index is 12.9. The van der Waals surface area contributed by atoms with Crippen molar-refractivity contribution in [3.8, 4) is 17.0 Å². The van der Waals surface area contributed by atoms with Crippen LogP contribution in [-0.2, 0) is 10.0 Å². The van der Waals surface area contributed by atoms with Gasteiger partial charge in [-0.05, 0) is 70.7 Å². The van der Waals surface area contributed by atoms with Crippen LogP contribution in [-0.4, -0.2) is 96.4 Å². The third-order valence-corrected chi connectivity index (χ3v) is 11.9. The van der Waals surface area contributed by atoms with Gasteiger partial charge in [-0.3, -0.25) is 4.90 Å². The Morgan fingerprint density at radius 1 is 0.979 bits per heavy atom. The lowest BCUT2D eigenvalue weighted by atomic mass is 10.0. The average molecular weight is 678 g/mol. The normalized spacial score (nSPS) is 19.1. The number of halogens is 1. The van der Waals surface area contributed by atoms with E-state index in [4.69, 9.17) is 21.3 Å². The summed E-state index contributed by atoms with van der Waals surface area (Å²) in [6.07, 6.45) is 10.3. The standard InChI is InChI=1S/C35H44ClN7O3S/c1-3-47(44,45)43-24-29(28-10-6-7-11-31(28)43)34-30(36)23-37-35(39-34)38-25-12-13-32(33(22-25)46-27-8-4-5-9-27)42-16-14-26(15-17-42)41-20-18-40(2)19-21-41/h6-7,10-13,22-24,26-27H,3-5,8-9,14-21H2,1-2H3,(H,37,38,39). The van der Waals surface area contributed by atoms with Gasteiger partial charge in [0.05, 0.1) is 40.0 Å². The Bertz CT molecular complexity index is 1830. The summed E-state index contributed by atoms with van der Waals surface area (Å²) in [5.41, 5.74) is 3.65. The second-order valence-corrected chi connectivity index (χ2v) is 15.6. The highest BCUT2D eigenvalue weighted by molar-refractivity contribution is 7.90. The number of hydrogen-bond acceptors (Lipinski definition) is 9. The largest absolute Gasteiger partial charge is 0.488 e. The maximum Gasteiger partial charge on any atom is 0.238 e. The molecule has 250 valence electrons. The number of hydrogen-bond donors (Lipinski definition) is 1. The molecule has 47 heavy (non-hydrogen) atoms. The van der Waals surface area contributed by atoms with Crippen molar-refractivity contribution in [2.75, 3.05) is 62.3 Å². The minimum atomic E-state index is -3.53. The van der Waals surface area contributed by atoms with E-state index in [-0.39, 0.29) is 11.9 Å². The zero-order valence-corrected chi connectivity index (χ0v) is 28.8. The number of likely N-dealkylation sites (N-methyl/N-ethyl adjacent to an activating group) is 1. The summed E-state index contributed by atoms with van der Waals surface area (Å²) >= 11 is 6.64. The van der Waals surface area contributed by atoms with E-state index in [1.807, 2.05) is 18.2 Å². The van der Waals surface area contributed by atoms with Crippen LogP contribution in [0.5, 0.6) is 5.75 Å². The number of nitrogens with zero attached hydrogens (tertiary/aromatic N) is 6. The Morgan fingerprint density at radius 3 is 2.47 bits per heavy atom. The molecule has 1 saturated carbocycles. The minimum absolute atomic E-state index is 0.0229. The highest BCUT2D eigenvalue weighted by Crippen LogP contribution is 2.38. The van der Waals surface area contributed by atoms with Crippen molar-refractivity contribution >= 4 is 49.9 Å². The van der Waals surface area contributed by atoms with Gasteiger partial charge in [0.25, 0.3) is 0 Å². The van der Waals surface area contributed by atoms with Crippen LogP contribution < -0.4 is 15.0 Å². The van der Waals surface area contributed by atoms with Crippen LogP contribution in [0.1, 0.15) is 45.4 Å².